The van der Waals surface area contributed by atoms with Gasteiger partial charge in [0.15, 0.2) is 6.04 Å². The minimum atomic E-state index is -0.351. The Hall–Kier alpha value is -1.85. The Bertz CT molecular complexity index is 674. The van der Waals surface area contributed by atoms with Gasteiger partial charge in [-0.25, -0.2) is 4.79 Å². The van der Waals surface area contributed by atoms with Crippen LogP contribution < -0.4 is 11.1 Å². The molecular formula is C18H27N3O2+2. The van der Waals surface area contributed by atoms with Crippen LogP contribution in [-0.2, 0) is 23.0 Å². The molecule has 0 spiro atoms. The lowest BCUT2D eigenvalue weighted by molar-refractivity contribution is -0.665. The number of ether oxygens (including phenoxy) is 1. The van der Waals surface area contributed by atoms with E-state index in [0.717, 1.165) is 31.5 Å². The third kappa shape index (κ3) is 3.74. The summed E-state index contributed by atoms with van der Waals surface area (Å²) in [5, 5.41) is 3.52. The Labute approximate surface area is 136 Å². The SMILES string of the molecule is Cn1cc(C[C@@H]([NH3+])C(=O)OCC2CC[NH2+]CC2)c2ccccc21. The van der Waals surface area contributed by atoms with Crippen molar-refractivity contribution in [2.24, 2.45) is 13.0 Å². The molecule has 1 aliphatic heterocycles. The van der Waals surface area contributed by atoms with Crippen LogP contribution in [0.15, 0.2) is 30.5 Å². The molecule has 124 valence electrons. The Kier molecular flexibility index (Phi) is 4.98. The number of nitrogens with zero attached hydrogens (tertiary/aromatic N) is 1. The summed E-state index contributed by atoms with van der Waals surface area (Å²) in [4.78, 5) is 12.2. The van der Waals surface area contributed by atoms with Crippen LogP contribution in [0.25, 0.3) is 10.9 Å². The normalized spacial score (nSPS) is 17.3. The molecule has 0 unspecified atom stereocenters. The van der Waals surface area contributed by atoms with Gasteiger partial charge in [-0.05, 0) is 11.6 Å². The van der Waals surface area contributed by atoms with Crippen LogP contribution >= 0.6 is 0 Å². The number of carbonyl (C=O) groups excluding carboxylic acids is 1. The number of quaternary nitrogens is 2. The number of hydrogen-bond donors (Lipinski definition) is 2. The van der Waals surface area contributed by atoms with Crippen molar-refractivity contribution in [3.8, 4) is 0 Å². The van der Waals surface area contributed by atoms with Crippen LogP contribution in [0, 0.1) is 5.92 Å². The molecule has 3 rings (SSSR count). The molecule has 5 heteroatoms. The molecular weight excluding hydrogens is 290 g/mol. The van der Waals surface area contributed by atoms with E-state index in [-0.39, 0.29) is 12.0 Å². The topological polar surface area (TPSA) is 75.5 Å². The van der Waals surface area contributed by atoms with E-state index >= 15 is 0 Å². The zero-order valence-corrected chi connectivity index (χ0v) is 13.8. The van der Waals surface area contributed by atoms with Crippen LogP contribution in [0.5, 0.6) is 0 Å². The molecule has 0 saturated carbocycles. The quantitative estimate of drug-likeness (QED) is 0.753. The summed E-state index contributed by atoms with van der Waals surface area (Å²) in [5.41, 5.74) is 6.36. The predicted molar refractivity (Wildman–Crippen MR) is 88.6 cm³/mol. The largest absolute Gasteiger partial charge is 0.461 e. The maximum atomic E-state index is 12.2. The van der Waals surface area contributed by atoms with Gasteiger partial charge < -0.3 is 20.4 Å². The smallest absolute Gasteiger partial charge is 0.365 e. The molecule has 0 amide bonds. The minimum Gasteiger partial charge on any atom is -0.461 e. The Morgan fingerprint density at radius 3 is 2.91 bits per heavy atom. The molecule has 23 heavy (non-hydrogen) atoms. The second kappa shape index (κ2) is 7.15. The maximum Gasteiger partial charge on any atom is 0.365 e. The molecule has 1 atom stereocenters. The molecule has 0 radical (unpaired) electrons. The first kappa shape index (κ1) is 16.0. The number of fused-ring (bicyclic) bond motifs is 1. The van der Waals surface area contributed by atoms with Gasteiger partial charge in [0.25, 0.3) is 0 Å². The number of benzene rings is 1. The standard InChI is InChI=1S/C18H25N3O2/c1-21-11-14(15-4-2-3-5-17(15)21)10-16(19)18(22)23-12-13-6-8-20-9-7-13/h2-5,11,13,16,20H,6-10,12,19H2,1H3/p+2/t16-/m1/s1. The van der Waals surface area contributed by atoms with Gasteiger partial charge in [-0.2, -0.15) is 0 Å². The number of rotatable bonds is 5. The number of esters is 1. The molecule has 2 heterocycles. The Morgan fingerprint density at radius 2 is 2.13 bits per heavy atom. The molecule has 2 aromatic rings. The van der Waals surface area contributed by atoms with Crippen molar-refractivity contribution in [3.63, 3.8) is 0 Å². The van der Waals surface area contributed by atoms with Gasteiger partial charge in [-0.15, -0.1) is 0 Å². The van der Waals surface area contributed by atoms with Gasteiger partial charge in [0.05, 0.1) is 19.7 Å². The molecule has 5 nitrogen and oxygen atoms in total. The molecule has 1 fully saturated rings. The summed E-state index contributed by atoms with van der Waals surface area (Å²) in [7, 11) is 2.03. The van der Waals surface area contributed by atoms with Crippen LogP contribution in [0.4, 0.5) is 0 Å². The Balaban J connectivity index is 1.59. The highest BCUT2D eigenvalue weighted by Crippen LogP contribution is 2.21. The monoisotopic (exact) mass is 317 g/mol. The molecule has 0 bridgehead atoms. The van der Waals surface area contributed by atoms with Gasteiger partial charge in [0.1, 0.15) is 0 Å². The van der Waals surface area contributed by atoms with Crippen LogP contribution in [0.3, 0.4) is 0 Å². The van der Waals surface area contributed by atoms with Gasteiger partial charge in [0.2, 0.25) is 0 Å². The molecule has 1 aromatic carbocycles. The highest BCUT2D eigenvalue weighted by Gasteiger charge is 2.24. The first-order valence-electron chi connectivity index (χ1n) is 8.49. The second-order valence-corrected chi connectivity index (χ2v) is 6.62. The van der Waals surface area contributed by atoms with Crippen molar-refractivity contribution in [1.29, 1.82) is 0 Å². The summed E-state index contributed by atoms with van der Waals surface area (Å²) in [6, 6.07) is 7.90. The Morgan fingerprint density at radius 1 is 1.39 bits per heavy atom. The number of nitrogens with two attached hydrogens (primary N) is 1. The van der Waals surface area contributed by atoms with Crippen molar-refractivity contribution < 1.29 is 20.6 Å². The van der Waals surface area contributed by atoms with Crippen molar-refractivity contribution >= 4 is 16.9 Å². The second-order valence-electron chi connectivity index (χ2n) is 6.62. The van der Waals surface area contributed by atoms with Crippen LogP contribution in [0.2, 0.25) is 0 Å². The lowest BCUT2D eigenvalue weighted by atomic mass is 9.99. The fraction of sp³-hybridized carbons (Fsp3) is 0.500. The average molecular weight is 317 g/mol. The first-order valence-corrected chi connectivity index (χ1v) is 8.49. The first-order chi connectivity index (χ1) is 11.1. The zero-order chi connectivity index (χ0) is 16.2. The average Bonchev–Trinajstić information content (AvgIpc) is 2.90. The van der Waals surface area contributed by atoms with Crippen molar-refractivity contribution in [2.45, 2.75) is 25.3 Å². The summed E-state index contributed by atoms with van der Waals surface area (Å²) in [6.45, 7) is 2.84. The molecule has 1 saturated heterocycles. The molecule has 5 N–H and O–H groups in total. The van der Waals surface area contributed by atoms with Crippen molar-refractivity contribution in [3.05, 3.63) is 36.0 Å². The van der Waals surface area contributed by atoms with Crippen LogP contribution in [-0.4, -0.2) is 36.3 Å². The lowest BCUT2D eigenvalue weighted by Crippen LogP contribution is -2.86. The summed E-state index contributed by atoms with van der Waals surface area (Å²) in [5.74, 6) is 0.348. The summed E-state index contributed by atoms with van der Waals surface area (Å²) < 4.78 is 7.61. The van der Waals surface area contributed by atoms with Gasteiger partial charge in [0, 0.05) is 49.3 Å². The van der Waals surface area contributed by atoms with E-state index in [9.17, 15) is 4.79 Å². The number of piperidine rings is 1. The van der Waals surface area contributed by atoms with E-state index in [0.29, 0.717) is 18.9 Å². The van der Waals surface area contributed by atoms with Crippen LogP contribution in [0.1, 0.15) is 18.4 Å². The molecule has 1 aromatic heterocycles. The van der Waals surface area contributed by atoms with E-state index in [1.165, 1.54) is 10.9 Å². The zero-order valence-electron chi connectivity index (χ0n) is 13.8. The number of para-hydroxylation sites is 1. The highest BCUT2D eigenvalue weighted by molar-refractivity contribution is 5.85. The maximum absolute atomic E-state index is 12.2. The van der Waals surface area contributed by atoms with E-state index < -0.39 is 0 Å². The number of aromatic nitrogens is 1. The summed E-state index contributed by atoms with van der Waals surface area (Å²) in [6.07, 6.45) is 4.99. The highest BCUT2D eigenvalue weighted by atomic mass is 16.5. The summed E-state index contributed by atoms with van der Waals surface area (Å²) >= 11 is 0. The third-order valence-electron chi connectivity index (χ3n) is 4.80. The van der Waals surface area contributed by atoms with Gasteiger partial charge in [-0.3, -0.25) is 0 Å². The number of aryl methyl sites for hydroxylation is 1. The number of hydrogen-bond acceptors (Lipinski definition) is 2. The lowest BCUT2D eigenvalue weighted by Gasteiger charge is -2.20. The van der Waals surface area contributed by atoms with Gasteiger partial charge >= 0.3 is 5.97 Å². The third-order valence-corrected chi connectivity index (χ3v) is 4.80. The molecule has 1 aliphatic rings. The van der Waals surface area contributed by atoms with Gasteiger partial charge in [-0.1, -0.05) is 18.2 Å². The van der Waals surface area contributed by atoms with E-state index in [1.807, 2.05) is 19.2 Å². The van der Waals surface area contributed by atoms with E-state index in [1.54, 1.807) is 0 Å². The van der Waals surface area contributed by atoms with Crippen molar-refractivity contribution in [1.82, 2.24) is 4.57 Å². The van der Waals surface area contributed by atoms with E-state index in [2.05, 4.69) is 33.9 Å². The fourth-order valence-electron chi connectivity index (χ4n) is 3.42. The number of carbonyl (C=O) groups is 1. The predicted octanol–water partition coefficient (Wildman–Crippen LogP) is -0.152. The van der Waals surface area contributed by atoms with Crippen molar-refractivity contribution in [2.75, 3.05) is 19.7 Å². The fourth-order valence-corrected chi connectivity index (χ4v) is 3.42. The molecule has 0 aliphatic carbocycles. The van der Waals surface area contributed by atoms with E-state index in [4.69, 9.17) is 4.74 Å². The minimum absolute atomic E-state index is 0.174.